The minimum absolute atomic E-state index is 0.00513. The number of hydrogen-bond donors (Lipinski definition) is 0. The molecular formula is C22H23N3O3. The molecule has 28 heavy (non-hydrogen) atoms. The number of hydrogen-bond acceptors (Lipinski definition) is 4. The zero-order valence-corrected chi connectivity index (χ0v) is 16.1. The van der Waals surface area contributed by atoms with E-state index in [0.717, 1.165) is 6.42 Å². The van der Waals surface area contributed by atoms with E-state index in [9.17, 15) is 9.59 Å². The monoisotopic (exact) mass is 377 g/mol. The molecule has 0 aliphatic carbocycles. The van der Waals surface area contributed by atoms with Crippen molar-refractivity contribution in [3.05, 3.63) is 70.3 Å². The SMILES string of the molecule is CCO[C@H]1CCN(C(=O)c2ccc(-n3c(C)nc4ccccc4c3=O)cc2)C1. The van der Waals surface area contributed by atoms with Crippen LogP contribution in [0, 0.1) is 6.92 Å². The molecule has 1 amide bonds. The number of likely N-dealkylation sites (tertiary alicyclic amines) is 1. The second-order valence-electron chi connectivity index (χ2n) is 6.98. The molecule has 0 N–H and O–H groups in total. The molecule has 2 heterocycles. The number of aromatic nitrogens is 2. The third-order valence-electron chi connectivity index (χ3n) is 5.15. The first-order chi connectivity index (χ1) is 13.6. The number of ether oxygens (including phenoxy) is 1. The Kier molecular flexibility index (Phi) is 4.96. The highest BCUT2D eigenvalue weighted by atomic mass is 16.5. The van der Waals surface area contributed by atoms with Gasteiger partial charge in [0.15, 0.2) is 0 Å². The molecule has 1 aromatic heterocycles. The van der Waals surface area contributed by atoms with Crippen molar-refractivity contribution in [1.82, 2.24) is 14.5 Å². The van der Waals surface area contributed by atoms with Crippen LogP contribution < -0.4 is 5.56 Å². The molecule has 2 aromatic carbocycles. The lowest BCUT2D eigenvalue weighted by atomic mass is 10.1. The number of carbonyl (C=O) groups is 1. The zero-order chi connectivity index (χ0) is 19.7. The van der Waals surface area contributed by atoms with E-state index in [2.05, 4.69) is 4.98 Å². The van der Waals surface area contributed by atoms with Crippen LogP contribution >= 0.6 is 0 Å². The summed E-state index contributed by atoms with van der Waals surface area (Å²) in [5.41, 5.74) is 1.89. The quantitative estimate of drug-likeness (QED) is 0.701. The Hall–Kier alpha value is -2.99. The van der Waals surface area contributed by atoms with Gasteiger partial charge in [-0.05, 0) is 56.7 Å². The molecule has 1 saturated heterocycles. The Bertz CT molecular complexity index is 1070. The lowest BCUT2D eigenvalue weighted by Crippen LogP contribution is -2.30. The highest BCUT2D eigenvalue weighted by Crippen LogP contribution is 2.18. The van der Waals surface area contributed by atoms with Gasteiger partial charge in [-0.25, -0.2) is 4.98 Å². The van der Waals surface area contributed by atoms with E-state index < -0.39 is 0 Å². The van der Waals surface area contributed by atoms with E-state index in [-0.39, 0.29) is 17.6 Å². The van der Waals surface area contributed by atoms with Crippen LogP contribution in [0.4, 0.5) is 0 Å². The highest BCUT2D eigenvalue weighted by molar-refractivity contribution is 5.94. The van der Waals surface area contributed by atoms with Gasteiger partial charge in [-0.3, -0.25) is 14.2 Å². The first-order valence-corrected chi connectivity index (χ1v) is 9.58. The molecule has 1 aliphatic rings. The van der Waals surface area contributed by atoms with Crippen LogP contribution in [0.1, 0.15) is 29.5 Å². The summed E-state index contributed by atoms with van der Waals surface area (Å²) in [5.74, 6) is 0.608. The predicted molar refractivity (Wildman–Crippen MR) is 108 cm³/mol. The number of carbonyl (C=O) groups excluding carboxylic acids is 1. The van der Waals surface area contributed by atoms with Gasteiger partial charge in [0.05, 0.1) is 22.7 Å². The minimum Gasteiger partial charge on any atom is -0.377 e. The van der Waals surface area contributed by atoms with Crippen molar-refractivity contribution in [3.8, 4) is 5.69 Å². The smallest absolute Gasteiger partial charge is 0.265 e. The average Bonchev–Trinajstić information content (AvgIpc) is 3.17. The summed E-state index contributed by atoms with van der Waals surface area (Å²) in [5, 5.41) is 0.576. The first-order valence-electron chi connectivity index (χ1n) is 9.58. The summed E-state index contributed by atoms with van der Waals surface area (Å²) >= 11 is 0. The van der Waals surface area contributed by atoms with Crippen molar-refractivity contribution in [2.75, 3.05) is 19.7 Å². The molecule has 3 aromatic rings. The van der Waals surface area contributed by atoms with E-state index in [0.29, 0.717) is 47.7 Å². The fraction of sp³-hybridized carbons (Fsp3) is 0.318. The number of nitrogens with zero attached hydrogens (tertiary/aromatic N) is 3. The fourth-order valence-electron chi connectivity index (χ4n) is 3.77. The second-order valence-corrected chi connectivity index (χ2v) is 6.98. The van der Waals surface area contributed by atoms with E-state index in [1.807, 2.05) is 36.9 Å². The molecule has 1 fully saturated rings. The lowest BCUT2D eigenvalue weighted by Gasteiger charge is -2.17. The molecule has 6 nitrogen and oxygen atoms in total. The number of fused-ring (bicyclic) bond motifs is 1. The maximum Gasteiger partial charge on any atom is 0.265 e. The predicted octanol–water partition coefficient (Wildman–Crippen LogP) is 2.95. The van der Waals surface area contributed by atoms with E-state index in [4.69, 9.17) is 4.74 Å². The van der Waals surface area contributed by atoms with Crippen LogP contribution in [0.25, 0.3) is 16.6 Å². The van der Waals surface area contributed by atoms with E-state index in [1.54, 1.807) is 34.9 Å². The third-order valence-corrected chi connectivity index (χ3v) is 5.15. The van der Waals surface area contributed by atoms with Gasteiger partial charge in [0, 0.05) is 25.3 Å². The van der Waals surface area contributed by atoms with Crippen LogP contribution in [0.15, 0.2) is 53.3 Å². The van der Waals surface area contributed by atoms with Crippen LogP contribution in [0.2, 0.25) is 0 Å². The van der Waals surface area contributed by atoms with Gasteiger partial charge in [0.1, 0.15) is 5.82 Å². The van der Waals surface area contributed by atoms with E-state index >= 15 is 0 Å². The van der Waals surface area contributed by atoms with E-state index in [1.165, 1.54) is 0 Å². The molecule has 1 atom stereocenters. The van der Waals surface area contributed by atoms with Gasteiger partial charge in [-0.1, -0.05) is 12.1 Å². The molecule has 1 aliphatic heterocycles. The van der Waals surface area contributed by atoms with Crippen molar-refractivity contribution >= 4 is 16.8 Å². The third kappa shape index (κ3) is 3.31. The number of amides is 1. The fourth-order valence-corrected chi connectivity index (χ4v) is 3.77. The van der Waals surface area contributed by atoms with Crippen molar-refractivity contribution in [2.45, 2.75) is 26.4 Å². The summed E-state index contributed by atoms with van der Waals surface area (Å²) in [7, 11) is 0. The standard InChI is InChI=1S/C22H23N3O3/c1-3-28-18-12-13-24(14-18)21(26)16-8-10-17(11-9-16)25-15(2)23-20-7-5-4-6-19(20)22(25)27/h4-11,18H,3,12-14H2,1-2H3/t18-/m0/s1. The Morgan fingerprint density at radius 1 is 1.18 bits per heavy atom. The highest BCUT2D eigenvalue weighted by Gasteiger charge is 2.27. The Labute approximate surface area is 163 Å². The zero-order valence-electron chi connectivity index (χ0n) is 16.1. The van der Waals surface area contributed by atoms with Gasteiger partial charge >= 0.3 is 0 Å². The van der Waals surface area contributed by atoms with Crippen LogP contribution in [0.3, 0.4) is 0 Å². The van der Waals surface area contributed by atoms with Gasteiger partial charge in [-0.15, -0.1) is 0 Å². The molecule has 144 valence electrons. The lowest BCUT2D eigenvalue weighted by molar-refractivity contribution is 0.0598. The Morgan fingerprint density at radius 3 is 2.68 bits per heavy atom. The van der Waals surface area contributed by atoms with Gasteiger partial charge in [0.25, 0.3) is 11.5 Å². The molecule has 0 saturated carbocycles. The van der Waals surface area contributed by atoms with Crippen molar-refractivity contribution < 1.29 is 9.53 Å². The summed E-state index contributed by atoms with van der Waals surface area (Å²) in [4.78, 5) is 32.0. The summed E-state index contributed by atoms with van der Waals surface area (Å²) < 4.78 is 7.20. The maximum absolute atomic E-state index is 12.9. The maximum atomic E-state index is 12.9. The van der Waals surface area contributed by atoms with Crippen molar-refractivity contribution in [2.24, 2.45) is 0 Å². The summed E-state index contributed by atoms with van der Waals surface area (Å²) in [6.45, 7) is 5.77. The summed E-state index contributed by atoms with van der Waals surface area (Å²) in [6, 6.07) is 14.5. The van der Waals surface area contributed by atoms with Crippen LogP contribution in [0.5, 0.6) is 0 Å². The van der Waals surface area contributed by atoms with Crippen molar-refractivity contribution in [3.63, 3.8) is 0 Å². The normalized spacial score (nSPS) is 16.6. The number of rotatable bonds is 4. The van der Waals surface area contributed by atoms with Gasteiger partial charge in [-0.2, -0.15) is 0 Å². The molecule has 0 unspecified atom stereocenters. The number of aryl methyl sites for hydroxylation is 1. The molecule has 0 radical (unpaired) electrons. The van der Waals surface area contributed by atoms with Crippen LogP contribution in [-0.4, -0.2) is 46.2 Å². The molecule has 0 spiro atoms. The Balaban J connectivity index is 1.61. The summed E-state index contributed by atoms with van der Waals surface area (Å²) in [6.07, 6.45) is 0.993. The molecule has 4 rings (SSSR count). The largest absolute Gasteiger partial charge is 0.377 e. The molecule has 0 bridgehead atoms. The number of benzene rings is 2. The Morgan fingerprint density at radius 2 is 1.93 bits per heavy atom. The first kappa shape index (κ1) is 18.4. The minimum atomic E-state index is -0.110. The number of para-hydroxylation sites is 1. The second kappa shape index (κ2) is 7.56. The topological polar surface area (TPSA) is 64.4 Å². The van der Waals surface area contributed by atoms with Crippen LogP contribution in [-0.2, 0) is 4.74 Å². The molecular weight excluding hydrogens is 354 g/mol. The molecule has 6 heteroatoms. The van der Waals surface area contributed by atoms with Gasteiger partial charge in [0.2, 0.25) is 0 Å². The van der Waals surface area contributed by atoms with Crippen molar-refractivity contribution in [1.29, 1.82) is 0 Å². The average molecular weight is 377 g/mol. The van der Waals surface area contributed by atoms with Gasteiger partial charge < -0.3 is 9.64 Å².